The molecule has 1 aliphatic heterocycles. The van der Waals surface area contributed by atoms with Crippen molar-refractivity contribution in [3.8, 4) is 0 Å². The van der Waals surface area contributed by atoms with Crippen molar-refractivity contribution in [2.24, 2.45) is 0 Å². The van der Waals surface area contributed by atoms with Gasteiger partial charge in [-0.3, -0.25) is 9.59 Å². The van der Waals surface area contributed by atoms with E-state index in [0.29, 0.717) is 18.7 Å². The van der Waals surface area contributed by atoms with Crippen LogP contribution < -0.4 is 0 Å². The molecule has 7 heteroatoms. The van der Waals surface area contributed by atoms with E-state index in [4.69, 9.17) is 5.11 Å². The van der Waals surface area contributed by atoms with Gasteiger partial charge in [0, 0.05) is 26.7 Å². The van der Waals surface area contributed by atoms with E-state index in [1.807, 2.05) is 0 Å². The monoisotopic (exact) mass is 280 g/mol. The molecule has 0 aliphatic carbocycles. The summed E-state index contributed by atoms with van der Waals surface area (Å²) in [4.78, 5) is 36.6. The number of carbonyl (C=O) groups is 3. The van der Waals surface area contributed by atoms with Crippen molar-refractivity contribution in [3.05, 3.63) is 35.1 Å². The van der Waals surface area contributed by atoms with Crippen LogP contribution in [-0.2, 0) is 16.1 Å². The van der Waals surface area contributed by atoms with E-state index < -0.39 is 29.2 Å². The number of carbonyl (C=O) groups excluding carboxylic acids is 2. The van der Waals surface area contributed by atoms with Gasteiger partial charge in [-0.15, -0.1) is 0 Å². The summed E-state index contributed by atoms with van der Waals surface area (Å²) in [5, 5.41) is 8.73. The number of hydrogen-bond donors (Lipinski definition) is 1. The summed E-state index contributed by atoms with van der Waals surface area (Å²) in [7, 11) is 1.54. The normalized spacial score (nSPS) is 15.7. The smallest absolute Gasteiger partial charge is 0.338 e. The molecule has 0 bridgehead atoms. The quantitative estimate of drug-likeness (QED) is 0.809. The molecule has 1 aromatic rings. The average Bonchev–Trinajstić information content (AvgIpc) is 2.39. The first-order valence-corrected chi connectivity index (χ1v) is 5.96. The Bertz CT molecular complexity index is 588. The lowest BCUT2D eigenvalue weighted by Crippen LogP contribution is -2.52. The first-order chi connectivity index (χ1) is 9.40. The Morgan fingerprint density at radius 3 is 2.60 bits per heavy atom. The molecule has 0 unspecified atom stereocenters. The van der Waals surface area contributed by atoms with Crippen molar-refractivity contribution in [3.63, 3.8) is 0 Å². The molecule has 106 valence electrons. The number of likely N-dealkylation sites (N-methyl/N-ethyl adjacent to an activating group) is 1. The van der Waals surface area contributed by atoms with E-state index in [9.17, 15) is 18.8 Å². The fraction of sp³-hybridized carbons (Fsp3) is 0.308. The minimum absolute atomic E-state index is 0.0786. The Labute approximate surface area is 114 Å². The molecule has 1 saturated heterocycles. The van der Waals surface area contributed by atoms with Crippen LogP contribution in [0.5, 0.6) is 0 Å². The highest BCUT2D eigenvalue weighted by Crippen LogP contribution is 2.14. The number of nitrogens with zero attached hydrogens (tertiary/aromatic N) is 2. The van der Waals surface area contributed by atoms with Crippen LogP contribution in [0, 0.1) is 5.82 Å². The maximum absolute atomic E-state index is 13.5. The second kappa shape index (κ2) is 5.28. The molecular weight excluding hydrogens is 267 g/mol. The van der Waals surface area contributed by atoms with E-state index >= 15 is 0 Å². The molecule has 2 rings (SSSR count). The number of carboxylic acid groups (broad SMARTS) is 1. The largest absolute Gasteiger partial charge is 0.478 e. The fourth-order valence-electron chi connectivity index (χ4n) is 1.97. The Balaban J connectivity index is 2.15. The summed E-state index contributed by atoms with van der Waals surface area (Å²) < 4.78 is 13.5. The van der Waals surface area contributed by atoms with Gasteiger partial charge in [0.25, 0.3) is 0 Å². The Morgan fingerprint density at radius 2 is 2.00 bits per heavy atom. The van der Waals surface area contributed by atoms with Crippen molar-refractivity contribution < 1.29 is 23.9 Å². The minimum atomic E-state index is -1.35. The molecule has 0 spiro atoms. The summed E-state index contributed by atoms with van der Waals surface area (Å²) in [6.07, 6.45) is 0. The fourth-order valence-corrected chi connectivity index (χ4v) is 1.97. The summed E-state index contributed by atoms with van der Waals surface area (Å²) in [6, 6.07) is 3.65. The van der Waals surface area contributed by atoms with E-state index in [2.05, 4.69) is 0 Å². The molecule has 1 fully saturated rings. The van der Waals surface area contributed by atoms with Crippen LogP contribution >= 0.6 is 0 Å². The molecule has 0 saturated carbocycles. The van der Waals surface area contributed by atoms with Crippen molar-refractivity contribution >= 4 is 17.8 Å². The van der Waals surface area contributed by atoms with Gasteiger partial charge in [0.05, 0.1) is 5.56 Å². The first kappa shape index (κ1) is 14.0. The van der Waals surface area contributed by atoms with Crippen molar-refractivity contribution in [2.75, 3.05) is 20.1 Å². The van der Waals surface area contributed by atoms with E-state index in [1.54, 1.807) is 7.05 Å². The average molecular weight is 280 g/mol. The lowest BCUT2D eigenvalue weighted by molar-refractivity contribution is -0.155. The summed E-state index contributed by atoms with van der Waals surface area (Å²) in [5.74, 6) is -3.44. The number of halogens is 1. The predicted octanol–water partition coefficient (Wildman–Crippen LogP) is 0.324. The van der Waals surface area contributed by atoms with Crippen LogP contribution in [0.15, 0.2) is 18.2 Å². The predicted molar refractivity (Wildman–Crippen MR) is 66.4 cm³/mol. The number of rotatable bonds is 3. The van der Waals surface area contributed by atoms with Crippen LogP contribution in [0.2, 0.25) is 0 Å². The lowest BCUT2D eigenvalue weighted by atomic mass is 10.1. The van der Waals surface area contributed by atoms with E-state index in [0.717, 1.165) is 12.1 Å². The van der Waals surface area contributed by atoms with Crippen LogP contribution in [0.25, 0.3) is 0 Å². The van der Waals surface area contributed by atoms with Crippen molar-refractivity contribution in [1.82, 2.24) is 9.80 Å². The van der Waals surface area contributed by atoms with Crippen LogP contribution in [0.4, 0.5) is 4.39 Å². The van der Waals surface area contributed by atoms with Crippen LogP contribution in [0.1, 0.15) is 15.9 Å². The third kappa shape index (κ3) is 2.61. The molecule has 1 heterocycles. The highest BCUT2D eigenvalue weighted by Gasteiger charge is 2.30. The summed E-state index contributed by atoms with van der Waals surface area (Å²) >= 11 is 0. The van der Waals surface area contributed by atoms with Gasteiger partial charge in [-0.25, -0.2) is 9.18 Å². The number of benzene rings is 1. The van der Waals surface area contributed by atoms with Gasteiger partial charge in [0.1, 0.15) is 5.82 Å². The number of amides is 2. The number of aromatic carboxylic acids is 1. The minimum Gasteiger partial charge on any atom is -0.478 e. The molecule has 1 N–H and O–H groups in total. The van der Waals surface area contributed by atoms with Crippen LogP contribution in [-0.4, -0.2) is 52.8 Å². The second-order valence-corrected chi connectivity index (χ2v) is 4.57. The van der Waals surface area contributed by atoms with Gasteiger partial charge in [0.15, 0.2) is 0 Å². The number of piperazine rings is 1. The molecule has 0 aromatic heterocycles. The third-order valence-corrected chi connectivity index (χ3v) is 3.16. The van der Waals surface area contributed by atoms with Gasteiger partial charge in [-0.1, -0.05) is 6.07 Å². The molecule has 20 heavy (non-hydrogen) atoms. The molecule has 6 nitrogen and oxygen atoms in total. The maximum Gasteiger partial charge on any atom is 0.338 e. The zero-order valence-electron chi connectivity index (χ0n) is 10.8. The van der Waals surface area contributed by atoms with Gasteiger partial charge in [-0.05, 0) is 17.7 Å². The Kier molecular flexibility index (Phi) is 3.69. The highest BCUT2D eigenvalue weighted by atomic mass is 19.1. The first-order valence-electron chi connectivity index (χ1n) is 5.96. The standard InChI is InChI=1S/C13H13FN2O4/c1-15-4-5-16(12(18)11(15)17)7-8-2-3-9(13(19)20)10(14)6-8/h2-3,6H,4-5,7H2,1H3,(H,19,20). The zero-order chi connectivity index (χ0) is 14.9. The van der Waals surface area contributed by atoms with Gasteiger partial charge in [0.2, 0.25) is 0 Å². The zero-order valence-corrected chi connectivity index (χ0v) is 10.8. The molecule has 0 radical (unpaired) electrons. The van der Waals surface area contributed by atoms with Crippen LogP contribution in [0.3, 0.4) is 0 Å². The summed E-state index contributed by atoms with van der Waals surface area (Å²) in [6.45, 7) is 0.860. The lowest BCUT2D eigenvalue weighted by Gasteiger charge is -2.31. The van der Waals surface area contributed by atoms with Gasteiger partial charge in [-0.2, -0.15) is 0 Å². The third-order valence-electron chi connectivity index (χ3n) is 3.16. The molecule has 2 amide bonds. The van der Waals surface area contributed by atoms with Gasteiger partial charge < -0.3 is 14.9 Å². The molecule has 1 aliphatic rings. The number of hydrogen-bond acceptors (Lipinski definition) is 3. The summed E-state index contributed by atoms with van der Waals surface area (Å²) in [5.41, 5.74) is 0.0210. The SMILES string of the molecule is CN1CCN(Cc2ccc(C(=O)O)c(F)c2)C(=O)C1=O. The molecular formula is C13H13FN2O4. The number of carboxylic acids is 1. The molecule has 0 atom stereocenters. The van der Waals surface area contributed by atoms with Crippen molar-refractivity contribution in [2.45, 2.75) is 6.54 Å². The highest BCUT2D eigenvalue weighted by molar-refractivity contribution is 6.35. The Hall–Kier alpha value is -2.44. The maximum atomic E-state index is 13.5. The van der Waals surface area contributed by atoms with Crippen molar-refractivity contribution in [1.29, 1.82) is 0 Å². The Morgan fingerprint density at radius 1 is 1.30 bits per heavy atom. The van der Waals surface area contributed by atoms with E-state index in [1.165, 1.54) is 15.9 Å². The second-order valence-electron chi connectivity index (χ2n) is 4.57. The van der Waals surface area contributed by atoms with Gasteiger partial charge >= 0.3 is 17.8 Å². The molecule has 1 aromatic carbocycles. The topological polar surface area (TPSA) is 77.9 Å². The van der Waals surface area contributed by atoms with E-state index in [-0.39, 0.29) is 6.54 Å².